The van der Waals surface area contributed by atoms with Crippen molar-refractivity contribution < 1.29 is 4.79 Å². The van der Waals surface area contributed by atoms with Gasteiger partial charge in [0.1, 0.15) is 0 Å². The SMILES string of the molecule is CC(C)N1CCC(Cc2nc3ccc(C=O)cn3n2)CC1. The van der Waals surface area contributed by atoms with E-state index in [4.69, 9.17) is 0 Å². The molecular weight excluding hydrogens is 264 g/mol. The quantitative estimate of drug-likeness (QED) is 0.809. The Balaban J connectivity index is 1.67. The molecule has 0 unspecified atom stereocenters. The third-order valence-corrected chi connectivity index (χ3v) is 4.38. The van der Waals surface area contributed by atoms with Crippen molar-refractivity contribution in [3.05, 3.63) is 29.7 Å². The van der Waals surface area contributed by atoms with Gasteiger partial charge in [-0.1, -0.05) is 0 Å². The second-order valence-corrected chi connectivity index (χ2v) is 6.19. The summed E-state index contributed by atoms with van der Waals surface area (Å²) in [6.07, 6.45) is 5.94. The molecule has 0 bridgehead atoms. The highest BCUT2D eigenvalue weighted by atomic mass is 16.1. The van der Waals surface area contributed by atoms with Crippen LogP contribution in [-0.2, 0) is 6.42 Å². The summed E-state index contributed by atoms with van der Waals surface area (Å²) in [4.78, 5) is 17.9. The van der Waals surface area contributed by atoms with E-state index >= 15 is 0 Å². The number of aromatic nitrogens is 3. The zero-order valence-corrected chi connectivity index (χ0v) is 12.7. The van der Waals surface area contributed by atoms with Gasteiger partial charge in [-0.3, -0.25) is 4.79 Å². The van der Waals surface area contributed by atoms with Crippen LogP contribution in [0.15, 0.2) is 18.3 Å². The molecule has 21 heavy (non-hydrogen) atoms. The Kier molecular flexibility index (Phi) is 4.01. The molecule has 0 radical (unpaired) electrons. The molecule has 0 atom stereocenters. The fraction of sp³-hybridized carbons (Fsp3) is 0.562. The minimum absolute atomic E-state index is 0.629. The van der Waals surface area contributed by atoms with Crippen molar-refractivity contribution in [2.45, 2.75) is 39.2 Å². The monoisotopic (exact) mass is 286 g/mol. The number of carbonyl (C=O) groups is 1. The fourth-order valence-electron chi connectivity index (χ4n) is 3.03. The highest BCUT2D eigenvalue weighted by Gasteiger charge is 2.22. The van der Waals surface area contributed by atoms with E-state index in [1.54, 1.807) is 16.8 Å². The zero-order chi connectivity index (χ0) is 14.8. The number of aldehydes is 1. The maximum absolute atomic E-state index is 10.8. The lowest BCUT2D eigenvalue weighted by atomic mass is 9.93. The Hall–Kier alpha value is -1.75. The summed E-state index contributed by atoms with van der Waals surface area (Å²) < 4.78 is 1.71. The van der Waals surface area contributed by atoms with Crippen molar-refractivity contribution in [1.29, 1.82) is 0 Å². The normalized spacial score (nSPS) is 17.7. The molecule has 5 nitrogen and oxygen atoms in total. The summed E-state index contributed by atoms with van der Waals surface area (Å²) >= 11 is 0. The Bertz CT molecular complexity index is 626. The number of hydrogen-bond acceptors (Lipinski definition) is 4. The minimum atomic E-state index is 0.629. The van der Waals surface area contributed by atoms with Crippen LogP contribution in [0.4, 0.5) is 0 Å². The first kappa shape index (κ1) is 14.2. The van der Waals surface area contributed by atoms with Gasteiger partial charge in [0.15, 0.2) is 17.8 Å². The van der Waals surface area contributed by atoms with Crippen LogP contribution < -0.4 is 0 Å². The van der Waals surface area contributed by atoms with E-state index in [0.29, 0.717) is 17.5 Å². The van der Waals surface area contributed by atoms with Crippen molar-refractivity contribution in [2.75, 3.05) is 13.1 Å². The van der Waals surface area contributed by atoms with Crippen LogP contribution in [-0.4, -0.2) is 44.9 Å². The smallest absolute Gasteiger partial charge is 0.155 e. The molecule has 0 aromatic carbocycles. The third-order valence-electron chi connectivity index (χ3n) is 4.38. The zero-order valence-electron chi connectivity index (χ0n) is 12.7. The van der Waals surface area contributed by atoms with E-state index in [0.717, 1.165) is 24.2 Å². The molecule has 5 heteroatoms. The van der Waals surface area contributed by atoms with E-state index in [1.807, 2.05) is 6.07 Å². The molecule has 0 N–H and O–H groups in total. The van der Waals surface area contributed by atoms with Gasteiger partial charge in [-0.05, 0) is 57.8 Å². The maximum Gasteiger partial charge on any atom is 0.155 e. The molecule has 112 valence electrons. The molecule has 3 rings (SSSR count). The Morgan fingerprint density at radius 2 is 2.10 bits per heavy atom. The molecular formula is C16H22N4O. The van der Waals surface area contributed by atoms with Crippen LogP contribution in [0, 0.1) is 5.92 Å². The third kappa shape index (κ3) is 3.13. The van der Waals surface area contributed by atoms with Crippen LogP contribution in [0.2, 0.25) is 0 Å². The molecule has 0 amide bonds. The lowest BCUT2D eigenvalue weighted by Gasteiger charge is -2.34. The molecule has 0 spiro atoms. The molecule has 2 aromatic rings. The van der Waals surface area contributed by atoms with Crippen LogP contribution in [0.1, 0.15) is 42.9 Å². The lowest BCUT2D eigenvalue weighted by molar-refractivity contribution is 0.112. The Labute approximate surface area is 125 Å². The standard InChI is InChI=1S/C16H22N4O/c1-12(2)19-7-5-13(6-8-19)9-15-17-16-4-3-14(11-21)10-20(16)18-15/h3-4,10-13H,5-9H2,1-2H3. The molecule has 0 aliphatic carbocycles. The molecule has 2 aromatic heterocycles. The average Bonchev–Trinajstić information content (AvgIpc) is 2.88. The first-order chi connectivity index (χ1) is 10.2. The predicted molar refractivity (Wildman–Crippen MR) is 81.5 cm³/mol. The number of fused-ring (bicyclic) bond motifs is 1. The number of pyridine rings is 1. The summed E-state index contributed by atoms with van der Waals surface area (Å²) in [5.74, 6) is 1.56. The van der Waals surface area contributed by atoms with Gasteiger partial charge in [0.2, 0.25) is 0 Å². The highest BCUT2D eigenvalue weighted by molar-refractivity contribution is 5.74. The molecule has 1 aliphatic heterocycles. The largest absolute Gasteiger partial charge is 0.301 e. The van der Waals surface area contributed by atoms with E-state index < -0.39 is 0 Å². The van der Waals surface area contributed by atoms with E-state index in [-0.39, 0.29) is 0 Å². The summed E-state index contributed by atoms with van der Waals surface area (Å²) in [6, 6.07) is 4.27. The average molecular weight is 286 g/mol. The molecule has 1 saturated heterocycles. The molecule has 1 fully saturated rings. The second kappa shape index (κ2) is 5.93. The number of piperidine rings is 1. The predicted octanol–water partition coefficient (Wildman–Crippen LogP) is 2.20. The van der Waals surface area contributed by atoms with Crippen molar-refractivity contribution in [1.82, 2.24) is 19.5 Å². The highest BCUT2D eigenvalue weighted by Crippen LogP contribution is 2.22. The molecule has 3 heterocycles. The number of hydrogen-bond donors (Lipinski definition) is 0. The van der Waals surface area contributed by atoms with Crippen molar-refractivity contribution in [2.24, 2.45) is 5.92 Å². The summed E-state index contributed by atoms with van der Waals surface area (Å²) in [5, 5.41) is 4.50. The Morgan fingerprint density at radius 3 is 2.76 bits per heavy atom. The first-order valence-corrected chi connectivity index (χ1v) is 7.70. The second-order valence-electron chi connectivity index (χ2n) is 6.19. The summed E-state index contributed by atoms with van der Waals surface area (Å²) in [7, 11) is 0. The van der Waals surface area contributed by atoms with Crippen molar-refractivity contribution in [3.63, 3.8) is 0 Å². The molecule has 1 aliphatic rings. The number of carbonyl (C=O) groups excluding carboxylic acids is 1. The van der Waals surface area contributed by atoms with Crippen LogP contribution in [0.3, 0.4) is 0 Å². The van der Waals surface area contributed by atoms with Gasteiger partial charge >= 0.3 is 0 Å². The number of nitrogens with zero attached hydrogens (tertiary/aromatic N) is 4. The lowest BCUT2D eigenvalue weighted by Crippen LogP contribution is -2.38. The van der Waals surface area contributed by atoms with Gasteiger partial charge in [-0.2, -0.15) is 5.10 Å². The minimum Gasteiger partial charge on any atom is -0.301 e. The van der Waals surface area contributed by atoms with Crippen LogP contribution in [0.25, 0.3) is 5.65 Å². The molecule has 0 saturated carbocycles. The van der Waals surface area contributed by atoms with Gasteiger partial charge in [0, 0.05) is 24.2 Å². The van der Waals surface area contributed by atoms with Crippen LogP contribution >= 0.6 is 0 Å². The van der Waals surface area contributed by atoms with Gasteiger partial charge in [-0.25, -0.2) is 9.50 Å². The number of likely N-dealkylation sites (tertiary alicyclic amines) is 1. The maximum atomic E-state index is 10.8. The Morgan fingerprint density at radius 1 is 1.33 bits per heavy atom. The van der Waals surface area contributed by atoms with Gasteiger partial charge < -0.3 is 4.90 Å². The number of rotatable bonds is 4. The fourth-order valence-corrected chi connectivity index (χ4v) is 3.03. The first-order valence-electron chi connectivity index (χ1n) is 7.70. The van der Waals surface area contributed by atoms with Gasteiger partial charge in [-0.15, -0.1) is 0 Å². The van der Waals surface area contributed by atoms with Crippen molar-refractivity contribution in [3.8, 4) is 0 Å². The summed E-state index contributed by atoms with van der Waals surface area (Å²) in [6.45, 7) is 6.86. The van der Waals surface area contributed by atoms with E-state index in [1.165, 1.54) is 25.9 Å². The van der Waals surface area contributed by atoms with E-state index in [2.05, 4.69) is 28.8 Å². The summed E-state index contributed by atoms with van der Waals surface area (Å²) in [5.41, 5.74) is 1.44. The van der Waals surface area contributed by atoms with Gasteiger partial charge in [0.25, 0.3) is 0 Å². The topological polar surface area (TPSA) is 50.5 Å². The van der Waals surface area contributed by atoms with Gasteiger partial charge in [0.05, 0.1) is 0 Å². The van der Waals surface area contributed by atoms with E-state index in [9.17, 15) is 4.79 Å². The van der Waals surface area contributed by atoms with Crippen molar-refractivity contribution >= 4 is 11.9 Å². The van der Waals surface area contributed by atoms with Crippen LogP contribution in [0.5, 0.6) is 0 Å².